The quantitative estimate of drug-likeness (QED) is 0.532. The number of rotatable bonds is 8. The largest absolute Gasteiger partial charge is 0.369 e. The molecule has 3 N–H and O–H groups in total. The fourth-order valence-corrected chi connectivity index (χ4v) is 5.11. The highest BCUT2D eigenvalue weighted by molar-refractivity contribution is 5.80. The standard InChI is InChI=1S/C26H36FN7O/c1-17-14-19(8-9-23(17)34-12-10-33(2)11-13-34)30-26-29-16-21(27)24(32-26)31-22-5-3-4-20(22)25(35)28-15-18-6-7-18/h8-9,14,16,18,20,22H,3-7,10-13,15H2,1-2H3,(H,28,35)(H2,29,30,31,32)/t20-,22+/m1/s1. The molecule has 0 radical (unpaired) electrons. The van der Waals surface area contributed by atoms with Gasteiger partial charge in [-0.1, -0.05) is 6.42 Å². The van der Waals surface area contributed by atoms with Crippen molar-refractivity contribution in [3.63, 3.8) is 0 Å². The van der Waals surface area contributed by atoms with Gasteiger partial charge in [-0.3, -0.25) is 4.79 Å². The van der Waals surface area contributed by atoms with Crippen molar-refractivity contribution in [3.8, 4) is 0 Å². The molecule has 2 heterocycles. The van der Waals surface area contributed by atoms with E-state index in [4.69, 9.17) is 0 Å². The highest BCUT2D eigenvalue weighted by Gasteiger charge is 2.34. The van der Waals surface area contributed by atoms with Crippen LogP contribution in [0, 0.1) is 24.6 Å². The first-order valence-electron chi connectivity index (χ1n) is 12.8. The summed E-state index contributed by atoms with van der Waals surface area (Å²) in [5.41, 5.74) is 3.26. The second kappa shape index (κ2) is 10.4. The van der Waals surface area contributed by atoms with Gasteiger partial charge in [0.25, 0.3) is 0 Å². The smallest absolute Gasteiger partial charge is 0.229 e. The van der Waals surface area contributed by atoms with Crippen LogP contribution in [0.5, 0.6) is 0 Å². The fraction of sp³-hybridized carbons (Fsp3) is 0.577. The zero-order valence-corrected chi connectivity index (χ0v) is 20.7. The lowest BCUT2D eigenvalue weighted by Gasteiger charge is -2.35. The third-order valence-corrected chi connectivity index (χ3v) is 7.48. The summed E-state index contributed by atoms with van der Waals surface area (Å²) in [5.74, 6) is 0.494. The second-order valence-electron chi connectivity index (χ2n) is 10.3. The first kappa shape index (κ1) is 23.8. The molecule has 1 amide bonds. The lowest BCUT2D eigenvalue weighted by atomic mass is 10.0. The number of benzene rings is 1. The van der Waals surface area contributed by atoms with Crippen LogP contribution in [0.4, 0.5) is 27.5 Å². The molecule has 1 saturated heterocycles. The van der Waals surface area contributed by atoms with E-state index < -0.39 is 5.82 Å². The molecule has 188 valence electrons. The molecule has 1 aliphatic heterocycles. The summed E-state index contributed by atoms with van der Waals surface area (Å²) < 4.78 is 14.6. The summed E-state index contributed by atoms with van der Waals surface area (Å²) in [5, 5.41) is 9.49. The molecule has 3 aliphatic rings. The first-order valence-corrected chi connectivity index (χ1v) is 12.8. The number of aromatic nitrogens is 2. The van der Waals surface area contributed by atoms with Crippen LogP contribution in [-0.4, -0.2) is 66.6 Å². The van der Waals surface area contributed by atoms with Gasteiger partial charge in [-0.05, 0) is 69.3 Å². The number of nitrogens with zero attached hydrogens (tertiary/aromatic N) is 4. The van der Waals surface area contributed by atoms with Crippen molar-refractivity contribution in [1.29, 1.82) is 0 Å². The Hall–Kier alpha value is -2.94. The number of anilines is 4. The Bertz CT molecular complexity index is 1050. The second-order valence-corrected chi connectivity index (χ2v) is 10.3. The van der Waals surface area contributed by atoms with Crippen molar-refractivity contribution in [2.24, 2.45) is 11.8 Å². The number of likely N-dealkylation sites (N-methyl/N-ethyl adjacent to an activating group) is 1. The van der Waals surface area contributed by atoms with E-state index in [0.29, 0.717) is 11.9 Å². The molecule has 0 unspecified atom stereocenters. The molecule has 1 aromatic carbocycles. The van der Waals surface area contributed by atoms with Gasteiger partial charge >= 0.3 is 0 Å². The van der Waals surface area contributed by atoms with Gasteiger partial charge in [-0.25, -0.2) is 9.37 Å². The van der Waals surface area contributed by atoms with Crippen molar-refractivity contribution in [3.05, 3.63) is 35.8 Å². The Morgan fingerprint density at radius 3 is 2.69 bits per heavy atom. The Labute approximate surface area is 206 Å². The highest BCUT2D eigenvalue weighted by Crippen LogP contribution is 2.31. The minimum atomic E-state index is -0.513. The number of nitrogens with one attached hydrogen (secondary N) is 3. The Morgan fingerprint density at radius 1 is 1.14 bits per heavy atom. The van der Waals surface area contributed by atoms with Crippen molar-refractivity contribution in [2.75, 3.05) is 55.3 Å². The van der Waals surface area contributed by atoms with E-state index >= 15 is 0 Å². The van der Waals surface area contributed by atoms with Crippen molar-refractivity contribution < 1.29 is 9.18 Å². The molecule has 1 aromatic heterocycles. The minimum Gasteiger partial charge on any atom is -0.369 e. The molecular weight excluding hydrogens is 445 g/mol. The van der Waals surface area contributed by atoms with Crippen LogP contribution in [0.2, 0.25) is 0 Å². The predicted octanol–water partition coefficient (Wildman–Crippen LogP) is 3.53. The van der Waals surface area contributed by atoms with Gasteiger partial charge in [-0.15, -0.1) is 0 Å². The average Bonchev–Trinajstić information content (AvgIpc) is 3.57. The third-order valence-electron chi connectivity index (χ3n) is 7.48. The van der Waals surface area contributed by atoms with Crippen LogP contribution < -0.4 is 20.9 Å². The number of aryl methyl sites for hydroxylation is 1. The maximum Gasteiger partial charge on any atom is 0.229 e. The number of carbonyl (C=O) groups excluding carboxylic acids is 1. The Kier molecular flexibility index (Phi) is 7.04. The van der Waals surface area contributed by atoms with Gasteiger partial charge in [0.1, 0.15) is 0 Å². The molecule has 2 aliphatic carbocycles. The monoisotopic (exact) mass is 481 g/mol. The first-order chi connectivity index (χ1) is 17.0. The Morgan fingerprint density at radius 2 is 1.94 bits per heavy atom. The summed E-state index contributed by atoms with van der Waals surface area (Å²) in [6.45, 7) is 7.00. The zero-order chi connectivity index (χ0) is 24.4. The highest BCUT2D eigenvalue weighted by atomic mass is 19.1. The summed E-state index contributed by atoms with van der Waals surface area (Å²) in [7, 11) is 2.15. The molecule has 3 fully saturated rings. The molecule has 0 bridgehead atoms. The van der Waals surface area contributed by atoms with Gasteiger partial charge in [0.2, 0.25) is 11.9 Å². The van der Waals surface area contributed by atoms with Crippen molar-refractivity contribution >= 4 is 29.0 Å². The maximum absolute atomic E-state index is 14.6. The van der Waals surface area contributed by atoms with E-state index in [-0.39, 0.29) is 23.7 Å². The van der Waals surface area contributed by atoms with Crippen molar-refractivity contribution in [2.45, 2.75) is 45.1 Å². The molecule has 9 heteroatoms. The molecule has 2 aromatic rings. The molecule has 35 heavy (non-hydrogen) atoms. The van der Waals surface area contributed by atoms with Crippen LogP contribution in [0.25, 0.3) is 0 Å². The number of halogens is 1. The van der Waals surface area contributed by atoms with Gasteiger partial charge in [-0.2, -0.15) is 4.98 Å². The molecule has 2 atom stereocenters. The number of carbonyl (C=O) groups is 1. The normalized spacial score (nSPS) is 22.8. The fourth-order valence-electron chi connectivity index (χ4n) is 5.11. The van der Waals surface area contributed by atoms with E-state index in [1.54, 1.807) is 0 Å². The van der Waals surface area contributed by atoms with Gasteiger partial charge in [0.05, 0.1) is 12.1 Å². The number of hydrogen-bond acceptors (Lipinski definition) is 7. The number of piperazine rings is 1. The van der Waals surface area contributed by atoms with Crippen LogP contribution in [-0.2, 0) is 4.79 Å². The van der Waals surface area contributed by atoms with Gasteiger partial charge in [0, 0.05) is 50.1 Å². The predicted molar refractivity (Wildman–Crippen MR) is 137 cm³/mol. The molecule has 8 nitrogen and oxygen atoms in total. The van der Waals surface area contributed by atoms with Crippen LogP contribution in [0.15, 0.2) is 24.4 Å². The molecule has 0 spiro atoms. The van der Waals surface area contributed by atoms with Gasteiger partial charge < -0.3 is 25.8 Å². The topological polar surface area (TPSA) is 85.4 Å². The van der Waals surface area contributed by atoms with Crippen LogP contribution >= 0.6 is 0 Å². The van der Waals surface area contributed by atoms with E-state index in [1.165, 1.54) is 30.3 Å². The molecular formula is C26H36FN7O. The summed E-state index contributed by atoms with van der Waals surface area (Å²) in [6, 6.07) is 6.08. The van der Waals surface area contributed by atoms with Crippen molar-refractivity contribution in [1.82, 2.24) is 20.2 Å². The van der Waals surface area contributed by atoms with Crippen LogP contribution in [0.3, 0.4) is 0 Å². The SMILES string of the molecule is Cc1cc(Nc2ncc(F)c(N[C@H]3CCC[C@H]3C(=O)NCC3CC3)n2)ccc1N1CCN(C)CC1. The number of hydrogen-bond donors (Lipinski definition) is 3. The molecule has 2 saturated carbocycles. The minimum absolute atomic E-state index is 0.0654. The zero-order valence-electron chi connectivity index (χ0n) is 20.7. The van der Waals surface area contributed by atoms with E-state index in [9.17, 15) is 9.18 Å². The number of amides is 1. The van der Waals surface area contributed by atoms with Crippen LogP contribution in [0.1, 0.15) is 37.7 Å². The maximum atomic E-state index is 14.6. The summed E-state index contributed by atoms with van der Waals surface area (Å²) >= 11 is 0. The van der Waals surface area contributed by atoms with E-state index in [1.807, 2.05) is 6.07 Å². The Balaban J connectivity index is 1.23. The lowest BCUT2D eigenvalue weighted by molar-refractivity contribution is -0.125. The lowest BCUT2D eigenvalue weighted by Crippen LogP contribution is -2.44. The summed E-state index contributed by atoms with van der Waals surface area (Å²) in [4.78, 5) is 26.0. The van der Waals surface area contributed by atoms with E-state index in [0.717, 1.165) is 57.7 Å². The summed E-state index contributed by atoms with van der Waals surface area (Å²) in [6.07, 6.45) is 6.15. The van der Waals surface area contributed by atoms with E-state index in [2.05, 4.69) is 61.8 Å². The third kappa shape index (κ3) is 5.83. The van der Waals surface area contributed by atoms with Gasteiger partial charge in [0.15, 0.2) is 11.6 Å². The molecule has 5 rings (SSSR count). The average molecular weight is 482 g/mol.